The topological polar surface area (TPSA) is 41.1 Å². The largest absolute Gasteiger partial charge is 0.335 e. The van der Waals surface area contributed by atoms with E-state index < -0.39 is 0 Å². The number of amides is 2. The number of hydrogen-bond acceptors (Lipinski definition) is 1. The quantitative estimate of drug-likeness (QED) is 0.609. The van der Waals surface area contributed by atoms with Crippen LogP contribution in [0.3, 0.4) is 0 Å². The molecule has 0 aromatic heterocycles. The third-order valence-corrected chi connectivity index (χ3v) is 7.61. The lowest BCUT2D eigenvalue weighted by molar-refractivity contribution is -0.0899. The third-order valence-electron chi connectivity index (χ3n) is 7.61. The predicted molar refractivity (Wildman–Crippen MR) is 120 cm³/mol. The van der Waals surface area contributed by atoms with Crippen molar-refractivity contribution < 1.29 is 4.79 Å². The molecule has 4 saturated carbocycles. The summed E-state index contributed by atoms with van der Waals surface area (Å²) in [5.41, 5.74) is 1.79. The van der Waals surface area contributed by atoms with E-state index in [2.05, 4.69) is 55.7 Å². The van der Waals surface area contributed by atoms with Crippen molar-refractivity contribution in [2.75, 3.05) is 5.32 Å². The number of benzene rings is 2. The minimum absolute atomic E-state index is 0.0392. The van der Waals surface area contributed by atoms with Gasteiger partial charge in [-0.3, -0.25) is 0 Å². The number of carbonyl (C=O) groups is 1. The minimum Gasteiger partial charge on any atom is -0.335 e. The van der Waals surface area contributed by atoms with Gasteiger partial charge in [0.15, 0.2) is 0 Å². The maximum Gasteiger partial charge on any atom is 0.319 e. The van der Waals surface area contributed by atoms with Gasteiger partial charge in [-0.15, -0.1) is 0 Å². The number of hydrogen-bond donors (Lipinski definition) is 2. The second kappa shape index (κ2) is 6.75. The number of rotatable bonds is 3. The lowest BCUT2D eigenvalue weighted by Crippen LogP contribution is -2.60. The number of nitrogens with one attached hydrogen (secondary N) is 2. The van der Waals surface area contributed by atoms with Crippen molar-refractivity contribution in [3.05, 3.63) is 42.5 Å². The Balaban J connectivity index is 1.27. The van der Waals surface area contributed by atoms with Crippen LogP contribution < -0.4 is 10.6 Å². The normalized spacial score (nSPS) is 33.1. The lowest BCUT2D eigenvalue weighted by Gasteiger charge is -2.61. The van der Waals surface area contributed by atoms with Crippen molar-refractivity contribution >= 4 is 22.5 Å². The Morgan fingerprint density at radius 1 is 1.00 bits per heavy atom. The number of anilines is 1. The zero-order valence-corrected chi connectivity index (χ0v) is 18.0. The molecule has 0 aliphatic heterocycles. The average molecular weight is 391 g/mol. The molecule has 2 aromatic carbocycles. The van der Waals surface area contributed by atoms with E-state index in [1.807, 2.05) is 18.2 Å². The lowest BCUT2D eigenvalue weighted by atomic mass is 9.46. The highest BCUT2D eigenvalue weighted by Crippen LogP contribution is 2.63. The second-order valence-corrected chi connectivity index (χ2v) is 11.4. The molecule has 2 atom stereocenters. The molecule has 3 nitrogen and oxygen atoms in total. The van der Waals surface area contributed by atoms with Crippen LogP contribution in [0.15, 0.2) is 42.5 Å². The molecule has 2 amide bonds. The van der Waals surface area contributed by atoms with Gasteiger partial charge in [0.05, 0.1) is 0 Å². The van der Waals surface area contributed by atoms with Crippen LogP contribution in [-0.4, -0.2) is 12.1 Å². The summed E-state index contributed by atoms with van der Waals surface area (Å²) in [7, 11) is 0. The van der Waals surface area contributed by atoms with E-state index in [0.717, 1.165) is 17.0 Å². The number of carbonyl (C=O) groups excluding carboxylic acids is 1. The first-order valence-corrected chi connectivity index (χ1v) is 11.4. The monoisotopic (exact) mass is 390 g/mol. The van der Waals surface area contributed by atoms with Gasteiger partial charge < -0.3 is 10.6 Å². The Labute approximate surface area is 174 Å². The second-order valence-electron chi connectivity index (χ2n) is 11.4. The van der Waals surface area contributed by atoms with Gasteiger partial charge in [-0.2, -0.15) is 0 Å². The fourth-order valence-corrected chi connectivity index (χ4v) is 7.36. The number of urea groups is 1. The van der Waals surface area contributed by atoms with E-state index >= 15 is 0 Å². The van der Waals surface area contributed by atoms with Gasteiger partial charge in [-0.1, -0.05) is 51.1 Å². The third kappa shape index (κ3) is 3.76. The van der Waals surface area contributed by atoms with Gasteiger partial charge in [-0.05, 0) is 90.0 Å². The maximum absolute atomic E-state index is 12.8. The molecule has 0 spiro atoms. The predicted octanol–water partition coefficient (Wildman–Crippen LogP) is 6.59. The van der Waals surface area contributed by atoms with Gasteiger partial charge in [0.1, 0.15) is 0 Å². The molecule has 2 aromatic rings. The zero-order chi connectivity index (χ0) is 20.2. The summed E-state index contributed by atoms with van der Waals surface area (Å²) >= 11 is 0. The van der Waals surface area contributed by atoms with Crippen LogP contribution in [0.2, 0.25) is 0 Å². The zero-order valence-electron chi connectivity index (χ0n) is 18.0. The standard InChI is InChI=1S/C26H34N2O/c1-25(2,3)16-26-13-17-10-20(14-26)23(21(11-17)15-26)28-24(29)27-22-9-8-18-6-4-5-7-19(18)12-22/h4-9,12,17,20-21,23H,10-11,13-16H2,1-3H3,(H2,27,28,29). The van der Waals surface area contributed by atoms with Gasteiger partial charge in [0.2, 0.25) is 0 Å². The molecule has 3 heteroatoms. The van der Waals surface area contributed by atoms with Gasteiger partial charge in [0, 0.05) is 11.7 Å². The maximum atomic E-state index is 12.8. The first-order chi connectivity index (χ1) is 13.8. The van der Waals surface area contributed by atoms with Crippen molar-refractivity contribution in [1.29, 1.82) is 0 Å². The smallest absolute Gasteiger partial charge is 0.319 e. The molecule has 4 aliphatic rings. The Kier molecular flexibility index (Phi) is 4.42. The highest BCUT2D eigenvalue weighted by atomic mass is 16.2. The fourth-order valence-electron chi connectivity index (χ4n) is 7.36. The molecule has 154 valence electrons. The van der Waals surface area contributed by atoms with Crippen molar-refractivity contribution in [1.82, 2.24) is 5.32 Å². The molecule has 0 radical (unpaired) electrons. The molecule has 2 unspecified atom stereocenters. The van der Waals surface area contributed by atoms with Gasteiger partial charge in [-0.25, -0.2) is 4.79 Å². The van der Waals surface area contributed by atoms with Gasteiger partial charge >= 0.3 is 6.03 Å². The summed E-state index contributed by atoms with van der Waals surface area (Å²) < 4.78 is 0. The summed E-state index contributed by atoms with van der Waals surface area (Å²) in [4.78, 5) is 12.8. The summed E-state index contributed by atoms with van der Waals surface area (Å²) in [5, 5.41) is 8.83. The Bertz CT molecular complexity index is 912. The first-order valence-electron chi connectivity index (χ1n) is 11.4. The van der Waals surface area contributed by atoms with Crippen molar-refractivity contribution in [2.45, 2.75) is 65.3 Å². The summed E-state index contributed by atoms with van der Waals surface area (Å²) in [6.45, 7) is 7.16. The van der Waals surface area contributed by atoms with E-state index in [-0.39, 0.29) is 6.03 Å². The van der Waals surface area contributed by atoms with Crippen molar-refractivity contribution in [3.8, 4) is 0 Å². The average Bonchev–Trinajstić information content (AvgIpc) is 2.62. The van der Waals surface area contributed by atoms with E-state index in [9.17, 15) is 4.79 Å². The Hall–Kier alpha value is -2.03. The molecule has 0 heterocycles. The Morgan fingerprint density at radius 3 is 2.38 bits per heavy atom. The fraction of sp³-hybridized carbons (Fsp3) is 0.577. The summed E-state index contributed by atoms with van der Waals surface area (Å²) in [6.07, 6.45) is 7.98. The highest BCUT2D eigenvalue weighted by Gasteiger charge is 2.56. The summed E-state index contributed by atoms with van der Waals surface area (Å²) in [6, 6.07) is 14.7. The van der Waals surface area contributed by atoms with E-state index in [1.165, 1.54) is 43.9 Å². The van der Waals surface area contributed by atoms with Crippen LogP contribution in [0.25, 0.3) is 10.8 Å². The molecular weight excluding hydrogens is 356 g/mol. The SMILES string of the molecule is CC(C)(C)CC12CC3CC(C1)C(NC(=O)Nc1ccc4ccccc4c1)C(C3)C2. The van der Waals surface area contributed by atoms with E-state index in [4.69, 9.17) is 0 Å². The highest BCUT2D eigenvalue weighted by molar-refractivity contribution is 5.93. The van der Waals surface area contributed by atoms with Crippen LogP contribution in [0.4, 0.5) is 10.5 Å². The van der Waals surface area contributed by atoms with Crippen molar-refractivity contribution in [3.63, 3.8) is 0 Å². The van der Waals surface area contributed by atoms with Crippen LogP contribution >= 0.6 is 0 Å². The van der Waals surface area contributed by atoms with Crippen LogP contribution in [-0.2, 0) is 0 Å². The molecule has 4 fully saturated rings. The van der Waals surface area contributed by atoms with E-state index in [1.54, 1.807) is 0 Å². The summed E-state index contributed by atoms with van der Waals surface area (Å²) in [5.74, 6) is 2.20. The van der Waals surface area contributed by atoms with Crippen molar-refractivity contribution in [2.24, 2.45) is 28.6 Å². The van der Waals surface area contributed by atoms with Gasteiger partial charge in [0.25, 0.3) is 0 Å². The molecule has 4 bridgehead atoms. The number of fused-ring (bicyclic) bond motifs is 1. The minimum atomic E-state index is -0.0392. The van der Waals surface area contributed by atoms with Crippen LogP contribution in [0.1, 0.15) is 59.3 Å². The molecular formula is C26H34N2O. The molecule has 29 heavy (non-hydrogen) atoms. The molecule has 6 rings (SSSR count). The molecule has 0 saturated heterocycles. The molecule has 4 aliphatic carbocycles. The van der Waals surface area contributed by atoms with E-state index in [0.29, 0.717) is 28.7 Å². The molecule has 2 N–H and O–H groups in total. The Morgan fingerprint density at radius 2 is 1.69 bits per heavy atom. The van der Waals surface area contributed by atoms with Crippen LogP contribution in [0.5, 0.6) is 0 Å². The van der Waals surface area contributed by atoms with Crippen LogP contribution in [0, 0.1) is 28.6 Å². The first kappa shape index (κ1) is 19.0.